The summed E-state index contributed by atoms with van der Waals surface area (Å²) >= 11 is 0. The number of hydrogen-bond donors (Lipinski definition) is 3. The van der Waals surface area contributed by atoms with Crippen molar-refractivity contribution in [1.29, 1.82) is 0 Å². The van der Waals surface area contributed by atoms with Crippen molar-refractivity contribution in [2.75, 3.05) is 27.2 Å². The minimum atomic E-state index is 0. The molecule has 0 aliphatic heterocycles. The Morgan fingerprint density at radius 1 is 1.15 bits per heavy atom. The first-order valence-corrected chi connectivity index (χ1v) is 10.5. The van der Waals surface area contributed by atoms with Gasteiger partial charge in [-0.2, -0.15) is 0 Å². The summed E-state index contributed by atoms with van der Waals surface area (Å²) < 4.78 is 0. The minimum Gasteiger partial charge on any atom is -0.355 e. The lowest BCUT2D eigenvalue weighted by molar-refractivity contribution is -0.126. The van der Waals surface area contributed by atoms with E-state index in [9.17, 15) is 4.79 Å². The summed E-state index contributed by atoms with van der Waals surface area (Å²) in [4.78, 5) is 19.1. The van der Waals surface area contributed by atoms with E-state index in [1.165, 1.54) is 25.7 Å². The highest BCUT2D eigenvalue weighted by molar-refractivity contribution is 14.0. The van der Waals surface area contributed by atoms with Gasteiger partial charge in [0.15, 0.2) is 5.96 Å². The van der Waals surface area contributed by atoms with Crippen LogP contribution in [0.4, 0.5) is 0 Å². The summed E-state index contributed by atoms with van der Waals surface area (Å²) in [5.41, 5.74) is 0. The summed E-state index contributed by atoms with van der Waals surface area (Å²) in [6.07, 6.45) is 9.51. The zero-order chi connectivity index (χ0) is 18.9. The number of likely N-dealkylation sites (N-methyl/N-ethyl adjacent to an activating group) is 1. The highest BCUT2D eigenvalue weighted by Crippen LogP contribution is 2.24. The summed E-state index contributed by atoms with van der Waals surface area (Å²) in [5, 5.41) is 10.0. The number of halogens is 1. The zero-order valence-corrected chi connectivity index (χ0v) is 19.9. The van der Waals surface area contributed by atoms with Gasteiger partial charge in [0.05, 0.1) is 0 Å². The van der Waals surface area contributed by atoms with E-state index in [1.54, 1.807) is 0 Å². The van der Waals surface area contributed by atoms with Crippen LogP contribution < -0.4 is 16.0 Å². The number of nitrogens with one attached hydrogen (secondary N) is 3. The molecule has 0 bridgehead atoms. The van der Waals surface area contributed by atoms with Crippen LogP contribution in [-0.4, -0.2) is 62.1 Å². The van der Waals surface area contributed by atoms with E-state index >= 15 is 0 Å². The van der Waals surface area contributed by atoms with Crippen molar-refractivity contribution >= 4 is 35.8 Å². The Balaban J connectivity index is 0.00000364. The molecule has 2 aliphatic carbocycles. The number of rotatable bonds is 7. The molecule has 2 atom stereocenters. The molecule has 3 N–H and O–H groups in total. The van der Waals surface area contributed by atoms with Gasteiger partial charge in [-0.3, -0.25) is 9.79 Å². The molecule has 0 saturated heterocycles. The average molecular weight is 493 g/mol. The molecule has 27 heavy (non-hydrogen) atoms. The summed E-state index contributed by atoms with van der Waals surface area (Å²) in [7, 11) is 4.05. The fourth-order valence-electron chi connectivity index (χ4n) is 4.23. The molecule has 2 saturated carbocycles. The molecule has 0 heterocycles. The SMILES string of the molecule is CN=C(NCCN(C)C1CCCC1)NC1CCCC(C(=O)NC(C)C)C1.I. The van der Waals surface area contributed by atoms with Gasteiger partial charge in [-0.05, 0) is 53.0 Å². The summed E-state index contributed by atoms with van der Waals surface area (Å²) in [5.74, 6) is 1.18. The molecule has 0 radical (unpaired) electrons. The molecule has 0 aromatic heterocycles. The molecule has 1 amide bonds. The van der Waals surface area contributed by atoms with Crippen molar-refractivity contribution in [3.05, 3.63) is 0 Å². The maximum atomic E-state index is 12.3. The van der Waals surface area contributed by atoms with Gasteiger partial charge in [0.25, 0.3) is 0 Å². The Morgan fingerprint density at radius 3 is 2.48 bits per heavy atom. The monoisotopic (exact) mass is 493 g/mol. The van der Waals surface area contributed by atoms with Gasteiger partial charge in [0, 0.05) is 44.2 Å². The lowest BCUT2D eigenvalue weighted by Crippen LogP contribution is -2.49. The first-order chi connectivity index (χ1) is 12.5. The molecule has 0 aromatic rings. The second-order valence-corrected chi connectivity index (χ2v) is 8.29. The predicted octanol–water partition coefficient (Wildman–Crippen LogP) is 2.73. The van der Waals surface area contributed by atoms with E-state index in [4.69, 9.17) is 0 Å². The van der Waals surface area contributed by atoms with Crippen LogP contribution in [0.15, 0.2) is 4.99 Å². The van der Waals surface area contributed by atoms with Crippen molar-refractivity contribution in [3.8, 4) is 0 Å². The van der Waals surface area contributed by atoms with Gasteiger partial charge >= 0.3 is 0 Å². The minimum absolute atomic E-state index is 0. The smallest absolute Gasteiger partial charge is 0.223 e. The first-order valence-electron chi connectivity index (χ1n) is 10.5. The van der Waals surface area contributed by atoms with Crippen LogP contribution in [-0.2, 0) is 4.79 Å². The van der Waals surface area contributed by atoms with Gasteiger partial charge in [-0.1, -0.05) is 19.3 Å². The van der Waals surface area contributed by atoms with Crippen molar-refractivity contribution in [2.45, 2.75) is 83.3 Å². The van der Waals surface area contributed by atoms with Gasteiger partial charge in [-0.25, -0.2) is 0 Å². The Labute approximate surface area is 182 Å². The topological polar surface area (TPSA) is 68.8 Å². The van der Waals surface area contributed by atoms with E-state index in [0.717, 1.165) is 50.8 Å². The van der Waals surface area contributed by atoms with Crippen LogP contribution in [0.3, 0.4) is 0 Å². The highest BCUT2D eigenvalue weighted by Gasteiger charge is 2.28. The number of nitrogens with zero attached hydrogens (tertiary/aromatic N) is 2. The van der Waals surface area contributed by atoms with Crippen molar-refractivity contribution in [3.63, 3.8) is 0 Å². The van der Waals surface area contributed by atoms with Gasteiger partial charge in [0.1, 0.15) is 0 Å². The summed E-state index contributed by atoms with van der Waals surface area (Å²) in [6.45, 7) is 5.97. The standard InChI is InChI=1S/C20H39N5O.HI/c1-15(2)23-19(26)16-8-7-9-17(14-16)24-20(21-3)22-12-13-25(4)18-10-5-6-11-18;/h15-18H,5-14H2,1-4H3,(H,23,26)(H2,21,22,24);1H. The van der Waals surface area contributed by atoms with Crippen molar-refractivity contribution in [1.82, 2.24) is 20.9 Å². The van der Waals surface area contributed by atoms with E-state index in [2.05, 4.69) is 32.9 Å². The van der Waals surface area contributed by atoms with E-state index in [1.807, 2.05) is 20.9 Å². The third kappa shape index (κ3) is 8.54. The van der Waals surface area contributed by atoms with Crippen molar-refractivity contribution in [2.24, 2.45) is 10.9 Å². The molecule has 158 valence electrons. The molecule has 0 aromatic carbocycles. The highest BCUT2D eigenvalue weighted by atomic mass is 127. The second-order valence-electron chi connectivity index (χ2n) is 8.29. The average Bonchev–Trinajstić information content (AvgIpc) is 3.15. The molecule has 6 nitrogen and oxygen atoms in total. The largest absolute Gasteiger partial charge is 0.355 e. The van der Waals surface area contributed by atoms with Crippen LogP contribution in [0.1, 0.15) is 65.2 Å². The molecule has 2 aliphatic rings. The molecule has 2 fully saturated rings. The molecule has 2 unspecified atom stereocenters. The number of amides is 1. The Hall–Kier alpha value is -0.570. The number of guanidine groups is 1. The Kier molecular flexibility index (Phi) is 11.6. The predicted molar refractivity (Wildman–Crippen MR) is 124 cm³/mol. The maximum absolute atomic E-state index is 12.3. The third-order valence-electron chi connectivity index (χ3n) is 5.75. The molecular weight excluding hydrogens is 453 g/mol. The number of hydrogen-bond acceptors (Lipinski definition) is 3. The van der Waals surface area contributed by atoms with Crippen LogP contribution in [0.25, 0.3) is 0 Å². The summed E-state index contributed by atoms with van der Waals surface area (Å²) in [6, 6.07) is 1.29. The van der Waals surface area contributed by atoms with Crippen LogP contribution in [0.5, 0.6) is 0 Å². The number of carbonyl (C=O) groups excluding carboxylic acids is 1. The van der Waals surface area contributed by atoms with Crippen molar-refractivity contribution < 1.29 is 4.79 Å². The van der Waals surface area contributed by atoms with Gasteiger partial charge in [0.2, 0.25) is 5.91 Å². The quantitative estimate of drug-likeness (QED) is 0.290. The lowest BCUT2D eigenvalue weighted by atomic mass is 9.85. The second kappa shape index (κ2) is 12.8. The maximum Gasteiger partial charge on any atom is 0.223 e. The molecule has 7 heteroatoms. The lowest BCUT2D eigenvalue weighted by Gasteiger charge is -2.31. The normalized spacial score (nSPS) is 24.0. The fraction of sp³-hybridized carbons (Fsp3) is 0.900. The molecular formula is C20H40IN5O. The molecule has 0 spiro atoms. The van der Waals surface area contributed by atoms with Gasteiger partial charge < -0.3 is 20.9 Å². The van der Waals surface area contributed by atoms with E-state index in [-0.39, 0.29) is 41.8 Å². The third-order valence-corrected chi connectivity index (χ3v) is 5.75. The fourth-order valence-corrected chi connectivity index (χ4v) is 4.23. The Morgan fingerprint density at radius 2 is 1.85 bits per heavy atom. The number of carbonyl (C=O) groups is 1. The van der Waals surface area contributed by atoms with E-state index in [0.29, 0.717) is 6.04 Å². The zero-order valence-electron chi connectivity index (χ0n) is 17.6. The van der Waals surface area contributed by atoms with Gasteiger partial charge in [-0.15, -0.1) is 24.0 Å². The van der Waals surface area contributed by atoms with E-state index < -0.39 is 0 Å². The number of aliphatic imine (C=N–C) groups is 1. The van der Waals surface area contributed by atoms with Crippen LogP contribution in [0.2, 0.25) is 0 Å². The Bertz CT molecular complexity index is 465. The first kappa shape index (κ1) is 24.5. The molecule has 2 rings (SSSR count). The van der Waals surface area contributed by atoms with Crippen LogP contribution in [0, 0.1) is 5.92 Å². The van der Waals surface area contributed by atoms with Crippen LogP contribution >= 0.6 is 24.0 Å².